The van der Waals surface area contributed by atoms with Gasteiger partial charge in [0.05, 0.1) is 6.42 Å². The average Bonchev–Trinajstić information content (AvgIpc) is 1.99. The van der Waals surface area contributed by atoms with E-state index in [-0.39, 0.29) is 5.91 Å². The number of nitrogens with one attached hydrogen (secondary N) is 1. The molecule has 1 amide bonds. The van der Waals surface area contributed by atoms with E-state index in [1.54, 1.807) is 7.05 Å². The Hall–Kier alpha value is -1.01. The van der Waals surface area contributed by atoms with Gasteiger partial charge in [-0.2, -0.15) is 0 Å². The molecule has 0 aromatic carbocycles. The molecule has 0 saturated heterocycles. The molecule has 10 heavy (non-hydrogen) atoms. The zero-order valence-electron chi connectivity index (χ0n) is 6.53. The number of carbonyl (C=O) groups is 1. The Kier molecular flexibility index (Phi) is 4.34. The molecule has 2 heteroatoms. The second kappa shape index (κ2) is 4.83. The van der Waals surface area contributed by atoms with Crippen LogP contribution in [0.1, 0.15) is 19.8 Å². The number of carbonyl (C=O) groups excluding carboxylic acids is 1. The van der Waals surface area contributed by atoms with E-state index in [2.05, 4.69) is 17.6 Å². The van der Waals surface area contributed by atoms with Gasteiger partial charge in [0.2, 0.25) is 5.91 Å². The molecule has 0 rings (SSSR count). The van der Waals surface area contributed by atoms with Crippen molar-refractivity contribution >= 4 is 5.91 Å². The summed E-state index contributed by atoms with van der Waals surface area (Å²) in [6.45, 7) is 5.46. The lowest BCUT2D eigenvalue weighted by Gasteiger charge is -1.98. The van der Waals surface area contributed by atoms with Crippen LogP contribution in [0.3, 0.4) is 0 Å². The highest BCUT2D eigenvalue weighted by Gasteiger charge is 1.99. The summed E-state index contributed by atoms with van der Waals surface area (Å²) in [6, 6.07) is 0. The third-order valence-electron chi connectivity index (χ3n) is 1.33. The minimum absolute atomic E-state index is 0.0213. The van der Waals surface area contributed by atoms with Gasteiger partial charge in [0.25, 0.3) is 0 Å². The third kappa shape index (κ3) is 3.10. The zero-order valence-corrected chi connectivity index (χ0v) is 6.53. The first-order valence-electron chi connectivity index (χ1n) is 3.33. The second-order valence-electron chi connectivity index (χ2n) is 1.98. The summed E-state index contributed by atoms with van der Waals surface area (Å²) < 4.78 is 0. The van der Waals surface area contributed by atoms with Crippen LogP contribution in [0.15, 0.2) is 17.9 Å². The largest absolute Gasteiger partial charge is 0.359 e. The molecule has 0 fully saturated rings. The Morgan fingerprint density at radius 1 is 1.70 bits per heavy atom. The monoisotopic (exact) mass is 139 g/mol. The molecule has 0 aromatic heterocycles. The van der Waals surface area contributed by atoms with Crippen LogP contribution >= 0.6 is 0 Å². The molecule has 0 unspecified atom stereocenters. The Labute approximate surface area is 61.6 Å². The Morgan fingerprint density at radius 2 is 2.30 bits per heavy atom. The van der Waals surface area contributed by atoms with Crippen molar-refractivity contribution in [2.75, 3.05) is 7.05 Å². The lowest BCUT2D eigenvalue weighted by Crippen LogP contribution is -2.17. The maximum atomic E-state index is 10.7. The summed E-state index contributed by atoms with van der Waals surface area (Å²) >= 11 is 0. The van der Waals surface area contributed by atoms with E-state index in [0.29, 0.717) is 6.42 Å². The Bertz CT molecular complexity index is 166. The quantitative estimate of drug-likeness (QED) is 0.586. The average molecular weight is 139 g/mol. The molecule has 0 heterocycles. The highest BCUT2D eigenvalue weighted by molar-refractivity contribution is 5.78. The van der Waals surface area contributed by atoms with Crippen LogP contribution in [0.5, 0.6) is 0 Å². The lowest BCUT2D eigenvalue weighted by atomic mass is 10.1. The molecule has 0 spiro atoms. The molecule has 56 valence electrons. The minimum Gasteiger partial charge on any atom is -0.359 e. The molecular weight excluding hydrogens is 126 g/mol. The van der Waals surface area contributed by atoms with Crippen LogP contribution in [0.2, 0.25) is 0 Å². The fraction of sp³-hybridized carbons (Fsp3) is 0.500. The first kappa shape index (κ1) is 8.99. The van der Waals surface area contributed by atoms with E-state index >= 15 is 0 Å². The summed E-state index contributed by atoms with van der Waals surface area (Å²) in [5, 5.41) is 2.54. The number of hydrogen-bond acceptors (Lipinski definition) is 1. The van der Waals surface area contributed by atoms with Crippen LogP contribution in [-0.4, -0.2) is 13.0 Å². The van der Waals surface area contributed by atoms with E-state index in [1.165, 1.54) is 0 Å². The van der Waals surface area contributed by atoms with Crippen LogP contribution < -0.4 is 5.32 Å². The van der Waals surface area contributed by atoms with Gasteiger partial charge >= 0.3 is 0 Å². The summed E-state index contributed by atoms with van der Waals surface area (Å²) in [7, 11) is 1.62. The van der Waals surface area contributed by atoms with Crippen LogP contribution in [-0.2, 0) is 4.79 Å². The maximum Gasteiger partial charge on any atom is 0.224 e. The van der Waals surface area contributed by atoms with Crippen molar-refractivity contribution in [3.63, 3.8) is 0 Å². The molecule has 0 radical (unpaired) electrons. The molecule has 0 atom stereocenters. The predicted molar refractivity (Wildman–Crippen MR) is 41.6 cm³/mol. The van der Waals surface area contributed by atoms with E-state index in [9.17, 15) is 4.79 Å². The molecule has 0 bridgehead atoms. The number of hydrogen-bond donors (Lipinski definition) is 1. The van der Waals surface area contributed by atoms with Crippen molar-refractivity contribution in [2.45, 2.75) is 19.8 Å². The van der Waals surface area contributed by atoms with Gasteiger partial charge in [-0.05, 0) is 12.0 Å². The standard InChI is InChI=1S/C8H13NO/c1-4-7(5-2)6-8(10)9-3/h1,5-6H2,2-3H3,(H,9,10). The molecule has 0 aliphatic heterocycles. The van der Waals surface area contributed by atoms with Gasteiger partial charge < -0.3 is 5.32 Å². The predicted octanol–water partition coefficient (Wildman–Crippen LogP) is 1.24. The van der Waals surface area contributed by atoms with Crippen molar-refractivity contribution in [2.24, 2.45) is 0 Å². The first-order valence-corrected chi connectivity index (χ1v) is 3.33. The summed E-state index contributed by atoms with van der Waals surface area (Å²) in [5.74, 6) is 0.0213. The van der Waals surface area contributed by atoms with Gasteiger partial charge in [0.15, 0.2) is 0 Å². The van der Waals surface area contributed by atoms with Crippen molar-refractivity contribution < 1.29 is 4.79 Å². The topological polar surface area (TPSA) is 29.1 Å². The molecule has 0 aliphatic carbocycles. The van der Waals surface area contributed by atoms with Crippen LogP contribution in [0.25, 0.3) is 0 Å². The van der Waals surface area contributed by atoms with Gasteiger partial charge in [0.1, 0.15) is 0 Å². The van der Waals surface area contributed by atoms with Gasteiger partial charge in [-0.3, -0.25) is 4.79 Å². The van der Waals surface area contributed by atoms with Crippen molar-refractivity contribution in [3.05, 3.63) is 17.9 Å². The number of rotatable bonds is 3. The molecule has 1 N–H and O–H groups in total. The summed E-state index contributed by atoms with van der Waals surface area (Å²) in [5.41, 5.74) is 3.68. The molecular formula is C8H13NO. The zero-order chi connectivity index (χ0) is 7.98. The van der Waals surface area contributed by atoms with E-state index in [0.717, 1.165) is 12.0 Å². The smallest absolute Gasteiger partial charge is 0.224 e. The van der Waals surface area contributed by atoms with Crippen molar-refractivity contribution in [1.29, 1.82) is 0 Å². The second-order valence-corrected chi connectivity index (χ2v) is 1.98. The third-order valence-corrected chi connectivity index (χ3v) is 1.33. The number of amides is 1. The first-order chi connectivity index (χ1) is 4.74. The molecule has 0 aliphatic rings. The molecule has 0 aromatic rings. The molecule has 0 saturated carbocycles. The van der Waals surface area contributed by atoms with Crippen LogP contribution in [0.4, 0.5) is 0 Å². The highest BCUT2D eigenvalue weighted by atomic mass is 16.1. The van der Waals surface area contributed by atoms with Crippen LogP contribution in [0, 0.1) is 0 Å². The van der Waals surface area contributed by atoms with Gasteiger partial charge in [0, 0.05) is 7.05 Å². The lowest BCUT2D eigenvalue weighted by molar-refractivity contribution is -0.119. The van der Waals surface area contributed by atoms with Crippen molar-refractivity contribution in [1.82, 2.24) is 5.32 Å². The Morgan fingerprint density at radius 3 is 2.60 bits per heavy atom. The highest BCUT2D eigenvalue weighted by Crippen LogP contribution is 2.02. The van der Waals surface area contributed by atoms with E-state index in [1.807, 2.05) is 6.92 Å². The van der Waals surface area contributed by atoms with Crippen molar-refractivity contribution in [3.8, 4) is 0 Å². The minimum atomic E-state index is 0.0213. The molecule has 2 nitrogen and oxygen atoms in total. The van der Waals surface area contributed by atoms with Gasteiger partial charge in [-0.1, -0.05) is 13.5 Å². The fourth-order valence-corrected chi connectivity index (χ4v) is 0.595. The maximum absolute atomic E-state index is 10.7. The van der Waals surface area contributed by atoms with Gasteiger partial charge in [-0.15, -0.1) is 5.73 Å². The fourth-order valence-electron chi connectivity index (χ4n) is 0.595. The van der Waals surface area contributed by atoms with E-state index in [4.69, 9.17) is 0 Å². The van der Waals surface area contributed by atoms with E-state index < -0.39 is 0 Å². The summed E-state index contributed by atoms with van der Waals surface area (Å²) in [6.07, 6.45) is 1.27. The van der Waals surface area contributed by atoms with Gasteiger partial charge in [-0.25, -0.2) is 0 Å². The Balaban J connectivity index is 3.88. The SMILES string of the molecule is C=C=C(CC)CC(=O)NC. The normalized spacial score (nSPS) is 8.20. The summed E-state index contributed by atoms with van der Waals surface area (Å²) in [4.78, 5) is 10.7.